The number of rotatable bonds is 3. The van der Waals surface area contributed by atoms with Gasteiger partial charge >= 0.3 is 5.97 Å². The molecule has 1 aliphatic carbocycles. The molecule has 0 aliphatic heterocycles. The maximum absolute atomic E-state index is 11.7. The van der Waals surface area contributed by atoms with Gasteiger partial charge in [0.25, 0.3) is 0 Å². The van der Waals surface area contributed by atoms with Crippen molar-refractivity contribution in [1.82, 2.24) is 0 Å². The molecule has 1 saturated carbocycles. The van der Waals surface area contributed by atoms with Crippen molar-refractivity contribution in [3.63, 3.8) is 0 Å². The highest BCUT2D eigenvalue weighted by Crippen LogP contribution is 2.25. The number of ketones is 1. The van der Waals surface area contributed by atoms with Crippen LogP contribution in [0.15, 0.2) is 0 Å². The number of Topliss-reactive ketones (excluding diaryl/α,β-unsaturated/α-hetero) is 1. The van der Waals surface area contributed by atoms with Gasteiger partial charge in [0.15, 0.2) is 0 Å². The lowest BCUT2D eigenvalue weighted by Gasteiger charge is -2.27. The van der Waals surface area contributed by atoms with Gasteiger partial charge in [-0.15, -0.1) is 0 Å². The fraction of sp³-hybridized carbons (Fsp3) is 0.833. The van der Waals surface area contributed by atoms with Crippen molar-refractivity contribution in [2.45, 2.75) is 59.0 Å². The monoisotopic (exact) mass is 212 g/mol. The second-order valence-corrected chi connectivity index (χ2v) is 4.88. The summed E-state index contributed by atoms with van der Waals surface area (Å²) in [5, 5.41) is 0. The number of ether oxygens (including phenoxy) is 1. The Balaban J connectivity index is 2.42. The second kappa shape index (κ2) is 4.77. The quantitative estimate of drug-likeness (QED) is 0.675. The molecular formula is C12H20O3. The molecule has 1 rings (SSSR count). The van der Waals surface area contributed by atoms with E-state index in [1.165, 1.54) is 0 Å². The van der Waals surface area contributed by atoms with Crippen LogP contribution in [0.4, 0.5) is 0 Å². The van der Waals surface area contributed by atoms with Crippen molar-refractivity contribution < 1.29 is 14.3 Å². The summed E-state index contributed by atoms with van der Waals surface area (Å²) >= 11 is 0. The zero-order valence-corrected chi connectivity index (χ0v) is 9.84. The summed E-state index contributed by atoms with van der Waals surface area (Å²) in [5.41, 5.74) is -0.401. The van der Waals surface area contributed by atoms with Gasteiger partial charge < -0.3 is 4.74 Å². The lowest BCUT2D eigenvalue weighted by Crippen LogP contribution is -2.32. The first-order valence-electron chi connectivity index (χ1n) is 5.68. The number of carbonyl (C=O) groups is 2. The van der Waals surface area contributed by atoms with E-state index in [0.29, 0.717) is 25.7 Å². The first-order chi connectivity index (χ1) is 6.95. The molecule has 3 heteroatoms. The van der Waals surface area contributed by atoms with E-state index >= 15 is 0 Å². The van der Waals surface area contributed by atoms with Crippen molar-refractivity contribution in [2.24, 2.45) is 5.41 Å². The first kappa shape index (κ1) is 12.2. The van der Waals surface area contributed by atoms with Crippen molar-refractivity contribution in [3.8, 4) is 0 Å². The van der Waals surface area contributed by atoms with Crippen LogP contribution >= 0.6 is 0 Å². The molecule has 0 heterocycles. The van der Waals surface area contributed by atoms with Gasteiger partial charge in [-0.1, -0.05) is 6.92 Å². The maximum Gasteiger partial charge on any atom is 0.311 e. The molecule has 0 unspecified atom stereocenters. The molecule has 86 valence electrons. The minimum absolute atomic E-state index is 0.0407. The van der Waals surface area contributed by atoms with Crippen LogP contribution in [0.3, 0.4) is 0 Å². The van der Waals surface area contributed by atoms with E-state index in [1.807, 2.05) is 20.8 Å². The first-order valence-corrected chi connectivity index (χ1v) is 5.68. The molecule has 0 radical (unpaired) electrons. The fourth-order valence-corrected chi connectivity index (χ4v) is 1.49. The molecule has 0 spiro atoms. The van der Waals surface area contributed by atoms with Gasteiger partial charge in [0, 0.05) is 12.8 Å². The van der Waals surface area contributed by atoms with E-state index in [1.54, 1.807) is 0 Å². The minimum atomic E-state index is -0.401. The van der Waals surface area contributed by atoms with Gasteiger partial charge in [-0.25, -0.2) is 0 Å². The summed E-state index contributed by atoms with van der Waals surface area (Å²) in [6.07, 6.45) is 3.25. The van der Waals surface area contributed by atoms with Gasteiger partial charge in [0.05, 0.1) is 5.41 Å². The number of hydrogen-bond acceptors (Lipinski definition) is 3. The van der Waals surface area contributed by atoms with Crippen LogP contribution in [0.5, 0.6) is 0 Å². The largest absolute Gasteiger partial charge is 0.462 e. The summed E-state index contributed by atoms with van der Waals surface area (Å²) in [7, 11) is 0. The third-order valence-corrected chi connectivity index (χ3v) is 3.20. The molecule has 0 atom stereocenters. The van der Waals surface area contributed by atoms with Gasteiger partial charge in [0.1, 0.15) is 11.9 Å². The van der Waals surface area contributed by atoms with E-state index in [9.17, 15) is 9.59 Å². The van der Waals surface area contributed by atoms with Crippen molar-refractivity contribution in [2.75, 3.05) is 0 Å². The number of carbonyl (C=O) groups excluding carboxylic acids is 2. The molecule has 1 aliphatic rings. The minimum Gasteiger partial charge on any atom is -0.462 e. The second-order valence-electron chi connectivity index (χ2n) is 4.88. The van der Waals surface area contributed by atoms with E-state index in [2.05, 4.69) is 0 Å². The lowest BCUT2D eigenvalue weighted by atomic mass is 9.90. The lowest BCUT2D eigenvalue weighted by molar-refractivity contribution is -0.162. The third kappa shape index (κ3) is 3.33. The van der Waals surface area contributed by atoms with Crippen LogP contribution in [0.2, 0.25) is 0 Å². The average Bonchev–Trinajstić information content (AvgIpc) is 2.21. The van der Waals surface area contributed by atoms with E-state index in [-0.39, 0.29) is 17.9 Å². The van der Waals surface area contributed by atoms with Crippen LogP contribution in [0.25, 0.3) is 0 Å². The molecular weight excluding hydrogens is 192 g/mol. The topological polar surface area (TPSA) is 43.4 Å². The molecule has 0 amide bonds. The smallest absolute Gasteiger partial charge is 0.311 e. The van der Waals surface area contributed by atoms with Gasteiger partial charge in [-0.2, -0.15) is 0 Å². The molecule has 0 N–H and O–H groups in total. The standard InChI is InChI=1S/C12H20O3/c1-4-12(2,3)11(14)15-10-7-5-9(13)6-8-10/h10H,4-8H2,1-3H3. The fourth-order valence-electron chi connectivity index (χ4n) is 1.49. The maximum atomic E-state index is 11.7. The van der Waals surface area contributed by atoms with Crippen molar-refractivity contribution in [3.05, 3.63) is 0 Å². The summed E-state index contributed by atoms with van der Waals surface area (Å²) < 4.78 is 5.40. The molecule has 0 aromatic carbocycles. The van der Waals surface area contributed by atoms with E-state index in [0.717, 1.165) is 6.42 Å². The molecule has 1 fully saturated rings. The molecule has 3 nitrogen and oxygen atoms in total. The molecule has 0 saturated heterocycles. The Labute approximate surface area is 91.2 Å². The molecule has 0 aromatic heterocycles. The highest BCUT2D eigenvalue weighted by molar-refractivity contribution is 5.79. The number of esters is 1. The van der Waals surface area contributed by atoms with Crippen LogP contribution in [-0.2, 0) is 14.3 Å². The number of hydrogen-bond donors (Lipinski definition) is 0. The van der Waals surface area contributed by atoms with Crippen molar-refractivity contribution in [1.29, 1.82) is 0 Å². The Bertz CT molecular complexity index is 246. The van der Waals surface area contributed by atoms with Gasteiger partial charge in [-0.3, -0.25) is 9.59 Å². The third-order valence-electron chi connectivity index (χ3n) is 3.20. The zero-order chi connectivity index (χ0) is 11.5. The Morgan fingerprint density at radius 1 is 1.40 bits per heavy atom. The predicted molar refractivity (Wildman–Crippen MR) is 57.4 cm³/mol. The highest BCUT2D eigenvalue weighted by atomic mass is 16.5. The normalized spacial score (nSPS) is 19.0. The van der Waals surface area contributed by atoms with Crippen LogP contribution in [0.1, 0.15) is 52.9 Å². The van der Waals surface area contributed by atoms with Crippen LogP contribution < -0.4 is 0 Å². The Morgan fingerprint density at radius 2 is 1.93 bits per heavy atom. The van der Waals surface area contributed by atoms with Gasteiger partial charge in [0.2, 0.25) is 0 Å². The SMILES string of the molecule is CCC(C)(C)C(=O)OC1CCC(=O)CC1. The van der Waals surface area contributed by atoms with Crippen LogP contribution in [-0.4, -0.2) is 17.9 Å². The molecule has 0 bridgehead atoms. The average molecular weight is 212 g/mol. The van der Waals surface area contributed by atoms with E-state index < -0.39 is 5.41 Å². The predicted octanol–water partition coefficient (Wildman–Crippen LogP) is 2.48. The molecule has 0 aromatic rings. The Morgan fingerprint density at radius 3 is 2.40 bits per heavy atom. The summed E-state index contributed by atoms with van der Waals surface area (Å²) in [6.45, 7) is 5.76. The summed E-state index contributed by atoms with van der Waals surface area (Å²) in [6, 6.07) is 0. The van der Waals surface area contributed by atoms with Crippen molar-refractivity contribution >= 4 is 11.8 Å². The Kier molecular flexibility index (Phi) is 3.89. The summed E-state index contributed by atoms with van der Waals surface area (Å²) in [5.74, 6) is 0.154. The van der Waals surface area contributed by atoms with E-state index in [4.69, 9.17) is 4.74 Å². The molecule has 15 heavy (non-hydrogen) atoms. The van der Waals surface area contributed by atoms with Gasteiger partial charge in [-0.05, 0) is 33.1 Å². The van der Waals surface area contributed by atoms with Crippen LogP contribution in [0, 0.1) is 5.41 Å². The zero-order valence-electron chi connectivity index (χ0n) is 9.84. The summed E-state index contributed by atoms with van der Waals surface area (Å²) in [4.78, 5) is 22.7. The highest BCUT2D eigenvalue weighted by Gasteiger charge is 2.30. The Hall–Kier alpha value is -0.860.